The van der Waals surface area contributed by atoms with Gasteiger partial charge in [0.25, 0.3) is 0 Å². The third-order valence-electron chi connectivity index (χ3n) is 2.81. The Morgan fingerprint density at radius 2 is 1.55 bits per heavy atom. The highest BCUT2D eigenvalue weighted by molar-refractivity contribution is 5.36. The molecule has 0 radical (unpaired) electrons. The Bertz CT molecular complexity index is 559. The van der Waals surface area contributed by atoms with Gasteiger partial charge >= 0.3 is 0 Å². The van der Waals surface area contributed by atoms with E-state index in [1.165, 1.54) is 0 Å². The number of hydrogen-bond acceptors (Lipinski definition) is 2. The van der Waals surface area contributed by atoms with Crippen LogP contribution in [0, 0.1) is 11.6 Å². The van der Waals surface area contributed by atoms with Crippen LogP contribution in [0.4, 0.5) is 8.78 Å². The van der Waals surface area contributed by atoms with Crippen molar-refractivity contribution >= 4 is 0 Å². The molecule has 106 valence electrons. The van der Waals surface area contributed by atoms with Crippen LogP contribution in [0.5, 0.6) is 5.75 Å². The van der Waals surface area contributed by atoms with Crippen LogP contribution in [0.25, 0.3) is 0 Å². The van der Waals surface area contributed by atoms with E-state index >= 15 is 0 Å². The summed E-state index contributed by atoms with van der Waals surface area (Å²) in [6.45, 7) is 3.53. The molecular weight excluding hydrogens is 262 g/mol. The zero-order chi connectivity index (χ0) is 14.7. The highest BCUT2D eigenvalue weighted by Gasteiger charge is 2.21. The molecular formula is C16H16F2O2. The van der Waals surface area contributed by atoms with E-state index in [9.17, 15) is 13.9 Å². The maximum atomic E-state index is 14.0. The van der Waals surface area contributed by atoms with E-state index in [0.29, 0.717) is 5.56 Å². The Hall–Kier alpha value is -1.94. The summed E-state index contributed by atoms with van der Waals surface area (Å²) in [5.74, 6) is -1.53. The van der Waals surface area contributed by atoms with Crippen molar-refractivity contribution in [3.63, 3.8) is 0 Å². The van der Waals surface area contributed by atoms with Crippen LogP contribution < -0.4 is 4.74 Å². The van der Waals surface area contributed by atoms with Crippen LogP contribution in [-0.4, -0.2) is 11.2 Å². The fourth-order valence-electron chi connectivity index (χ4n) is 1.96. The predicted molar refractivity (Wildman–Crippen MR) is 72.6 cm³/mol. The number of benzene rings is 2. The summed E-state index contributed by atoms with van der Waals surface area (Å²) in [4.78, 5) is 0. The third-order valence-corrected chi connectivity index (χ3v) is 2.81. The molecule has 1 atom stereocenters. The molecule has 2 aromatic carbocycles. The first kappa shape index (κ1) is 14.5. The number of aliphatic hydroxyl groups excluding tert-OH is 1. The van der Waals surface area contributed by atoms with Gasteiger partial charge in [-0.2, -0.15) is 0 Å². The fourth-order valence-corrected chi connectivity index (χ4v) is 1.96. The van der Waals surface area contributed by atoms with E-state index in [-0.39, 0.29) is 17.4 Å². The van der Waals surface area contributed by atoms with Crippen LogP contribution in [0.3, 0.4) is 0 Å². The molecule has 4 heteroatoms. The van der Waals surface area contributed by atoms with Gasteiger partial charge in [0.15, 0.2) is 0 Å². The standard InChI is InChI=1S/C16H16F2O2/c1-10(2)20-12-8-13(17)15(14(18)9-12)16(19)11-6-4-3-5-7-11/h3-10,16,19H,1-2H3. The first-order valence-corrected chi connectivity index (χ1v) is 6.37. The van der Waals surface area contributed by atoms with Crippen LogP contribution >= 0.6 is 0 Å². The smallest absolute Gasteiger partial charge is 0.135 e. The minimum atomic E-state index is -1.34. The summed E-state index contributed by atoms with van der Waals surface area (Å²) >= 11 is 0. The Labute approximate surface area is 116 Å². The van der Waals surface area contributed by atoms with Gasteiger partial charge < -0.3 is 9.84 Å². The average Bonchev–Trinajstić information content (AvgIpc) is 2.38. The first-order chi connectivity index (χ1) is 9.49. The summed E-state index contributed by atoms with van der Waals surface area (Å²) in [5, 5.41) is 10.1. The summed E-state index contributed by atoms with van der Waals surface area (Å²) in [5.41, 5.74) is 0.0649. The topological polar surface area (TPSA) is 29.5 Å². The highest BCUT2D eigenvalue weighted by atomic mass is 19.1. The van der Waals surface area contributed by atoms with Crippen LogP contribution in [-0.2, 0) is 0 Å². The summed E-state index contributed by atoms with van der Waals surface area (Å²) in [6.07, 6.45) is -1.53. The van der Waals surface area contributed by atoms with E-state index in [1.54, 1.807) is 44.2 Å². The Morgan fingerprint density at radius 1 is 1.00 bits per heavy atom. The lowest BCUT2D eigenvalue weighted by atomic mass is 10.0. The lowest BCUT2D eigenvalue weighted by Gasteiger charge is -2.16. The van der Waals surface area contributed by atoms with Gasteiger partial charge in [-0.1, -0.05) is 30.3 Å². The Kier molecular flexibility index (Phi) is 4.35. The molecule has 0 bridgehead atoms. The highest BCUT2D eigenvalue weighted by Crippen LogP contribution is 2.30. The molecule has 2 aromatic rings. The predicted octanol–water partition coefficient (Wildman–Crippen LogP) is 3.83. The van der Waals surface area contributed by atoms with E-state index in [0.717, 1.165) is 12.1 Å². The third kappa shape index (κ3) is 3.14. The zero-order valence-electron chi connectivity index (χ0n) is 11.3. The molecule has 2 rings (SSSR count). The maximum Gasteiger partial charge on any atom is 0.135 e. The molecule has 0 aliphatic heterocycles. The van der Waals surface area contributed by atoms with Gasteiger partial charge in [0.1, 0.15) is 23.5 Å². The van der Waals surface area contributed by atoms with Gasteiger partial charge in [0.05, 0.1) is 11.7 Å². The molecule has 0 aliphatic rings. The lowest BCUT2D eigenvalue weighted by molar-refractivity contribution is 0.206. The van der Waals surface area contributed by atoms with Gasteiger partial charge in [0.2, 0.25) is 0 Å². The van der Waals surface area contributed by atoms with Crippen molar-refractivity contribution in [3.05, 3.63) is 65.2 Å². The number of halogens is 2. The fraction of sp³-hybridized carbons (Fsp3) is 0.250. The molecule has 0 saturated heterocycles. The molecule has 0 spiro atoms. The molecule has 0 amide bonds. The monoisotopic (exact) mass is 278 g/mol. The maximum absolute atomic E-state index is 14.0. The van der Waals surface area contributed by atoms with Crippen molar-refractivity contribution in [2.45, 2.75) is 26.1 Å². The Morgan fingerprint density at radius 3 is 2.05 bits per heavy atom. The SMILES string of the molecule is CC(C)Oc1cc(F)c(C(O)c2ccccc2)c(F)c1. The molecule has 0 heterocycles. The molecule has 0 aliphatic carbocycles. The van der Waals surface area contributed by atoms with E-state index in [4.69, 9.17) is 4.74 Å². The average molecular weight is 278 g/mol. The van der Waals surface area contributed by atoms with Crippen molar-refractivity contribution in [3.8, 4) is 5.75 Å². The number of aliphatic hydroxyl groups is 1. The molecule has 0 aromatic heterocycles. The van der Waals surface area contributed by atoms with Crippen LogP contribution in [0.15, 0.2) is 42.5 Å². The Balaban J connectivity index is 2.38. The molecule has 0 saturated carbocycles. The molecule has 2 nitrogen and oxygen atoms in total. The van der Waals surface area contributed by atoms with Crippen molar-refractivity contribution in [1.29, 1.82) is 0 Å². The summed E-state index contributed by atoms with van der Waals surface area (Å²) in [6, 6.07) is 10.6. The van der Waals surface area contributed by atoms with E-state index in [2.05, 4.69) is 0 Å². The first-order valence-electron chi connectivity index (χ1n) is 6.37. The van der Waals surface area contributed by atoms with Crippen molar-refractivity contribution < 1.29 is 18.6 Å². The number of hydrogen-bond donors (Lipinski definition) is 1. The van der Waals surface area contributed by atoms with Gasteiger partial charge in [-0.05, 0) is 19.4 Å². The second kappa shape index (κ2) is 6.01. The van der Waals surface area contributed by atoms with Crippen molar-refractivity contribution in [2.75, 3.05) is 0 Å². The molecule has 0 fully saturated rings. The van der Waals surface area contributed by atoms with Gasteiger partial charge in [-0.15, -0.1) is 0 Å². The van der Waals surface area contributed by atoms with Crippen molar-refractivity contribution in [1.82, 2.24) is 0 Å². The van der Waals surface area contributed by atoms with Gasteiger partial charge in [0, 0.05) is 12.1 Å². The van der Waals surface area contributed by atoms with Crippen LogP contribution in [0.2, 0.25) is 0 Å². The molecule has 20 heavy (non-hydrogen) atoms. The minimum absolute atomic E-state index is 0.110. The normalized spacial score (nSPS) is 12.5. The minimum Gasteiger partial charge on any atom is -0.491 e. The molecule has 1 unspecified atom stereocenters. The van der Waals surface area contributed by atoms with Gasteiger partial charge in [-0.25, -0.2) is 8.78 Å². The quantitative estimate of drug-likeness (QED) is 0.921. The van der Waals surface area contributed by atoms with E-state index in [1.807, 2.05) is 0 Å². The number of ether oxygens (including phenoxy) is 1. The number of rotatable bonds is 4. The molecule has 1 N–H and O–H groups in total. The van der Waals surface area contributed by atoms with Crippen LogP contribution in [0.1, 0.15) is 31.1 Å². The largest absolute Gasteiger partial charge is 0.491 e. The zero-order valence-corrected chi connectivity index (χ0v) is 11.3. The second-order valence-corrected chi connectivity index (χ2v) is 4.78. The van der Waals surface area contributed by atoms with Gasteiger partial charge in [-0.3, -0.25) is 0 Å². The summed E-state index contributed by atoms with van der Waals surface area (Å²) in [7, 11) is 0. The second-order valence-electron chi connectivity index (χ2n) is 4.78. The van der Waals surface area contributed by atoms with Crippen molar-refractivity contribution in [2.24, 2.45) is 0 Å². The lowest BCUT2D eigenvalue weighted by Crippen LogP contribution is -2.09. The van der Waals surface area contributed by atoms with E-state index < -0.39 is 17.7 Å². The summed E-state index contributed by atoms with van der Waals surface area (Å²) < 4.78 is 33.3.